The Morgan fingerprint density at radius 1 is 0.970 bits per heavy atom. The molecule has 2 aromatic carbocycles. The van der Waals surface area contributed by atoms with E-state index in [1.807, 2.05) is 48.5 Å². The lowest BCUT2D eigenvalue weighted by atomic mass is 10.0. The highest BCUT2D eigenvalue weighted by Gasteiger charge is 2.20. The van der Waals surface area contributed by atoms with E-state index in [9.17, 15) is 9.59 Å². The zero-order valence-corrected chi connectivity index (χ0v) is 18.9. The molecule has 0 aliphatic heterocycles. The van der Waals surface area contributed by atoms with Gasteiger partial charge in [0.25, 0.3) is 0 Å². The number of rotatable bonds is 7. The second-order valence-corrected chi connectivity index (χ2v) is 7.42. The van der Waals surface area contributed by atoms with Crippen LogP contribution in [0.3, 0.4) is 0 Å². The van der Waals surface area contributed by atoms with Crippen molar-refractivity contribution in [1.82, 2.24) is 10.2 Å². The zero-order chi connectivity index (χ0) is 23.4. The number of ether oxygens (including phenoxy) is 1. The molecule has 0 saturated carbocycles. The van der Waals surface area contributed by atoms with Crippen LogP contribution in [-0.4, -0.2) is 35.9 Å². The molecule has 0 radical (unpaired) electrons. The van der Waals surface area contributed by atoms with E-state index in [0.29, 0.717) is 11.3 Å². The number of carbonyl (C=O) groups excluding carboxylic acids is 1. The van der Waals surface area contributed by atoms with Crippen LogP contribution in [0.1, 0.15) is 31.1 Å². The predicted molar refractivity (Wildman–Crippen MR) is 128 cm³/mol. The minimum absolute atomic E-state index is 0.220. The Morgan fingerprint density at radius 3 is 2.42 bits per heavy atom. The van der Waals surface area contributed by atoms with E-state index >= 15 is 0 Å². The Morgan fingerprint density at radius 2 is 1.73 bits per heavy atom. The van der Waals surface area contributed by atoms with Crippen LogP contribution in [0.2, 0.25) is 0 Å². The Balaban J connectivity index is 1.82. The van der Waals surface area contributed by atoms with Gasteiger partial charge in [-0.15, -0.1) is 10.2 Å². The summed E-state index contributed by atoms with van der Waals surface area (Å²) < 4.78 is 10.8. The summed E-state index contributed by atoms with van der Waals surface area (Å²) in [7, 11) is 0. The molecule has 0 fully saturated rings. The first kappa shape index (κ1) is 22.2. The largest absolute Gasteiger partial charge is 0.462 e. The van der Waals surface area contributed by atoms with E-state index in [-0.39, 0.29) is 23.4 Å². The summed E-state index contributed by atoms with van der Waals surface area (Å²) in [5.41, 5.74) is 2.78. The van der Waals surface area contributed by atoms with Crippen molar-refractivity contribution in [2.24, 2.45) is 0 Å². The smallest absolute Gasteiger partial charge is 0.345 e. The van der Waals surface area contributed by atoms with Gasteiger partial charge in [-0.3, -0.25) is 0 Å². The van der Waals surface area contributed by atoms with Gasteiger partial charge in [-0.05, 0) is 45.0 Å². The van der Waals surface area contributed by atoms with Crippen molar-refractivity contribution in [3.63, 3.8) is 0 Å². The maximum absolute atomic E-state index is 12.9. The van der Waals surface area contributed by atoms with E-state index in [2.05, 4.69) is 28.9 Å². The maximum atomic E-state index is 12.9. The highest BCUT2D eigenvalue weighted by Crippen LogP contribution is 2.27. The van der Waals surface area contributed by atoms with E-state index in [0.717, 1.165) is 29.7 Å². The third-order valence-corrected chi connectivity index (χ3v) is 5.46. The summed E-state index contributed by atoms with van der Waals surface area (Å²) >= 11 is 0. The fourth-order valence-electron chi connectivity index (χ4n) is 3.76. The minimum Gasteiger partial charge on any atom is -0.462 e. The second-order valence-electron chi connectivity index (χ2n) is 7.42. The van der Waals surface area contributed by atoms with Gasteiger partial charge in [0.2, 0.25) is 0 Å². The van der Waals surface area contributed by atoms with Crippen molar-refractivity contribution in [1.29, 1.82) is 0 Å². The van der Waals surface area contributed by atoms with Gasteiger partial charge in [0.15, 0.2) is 0 Å². The average Bonchev–Trinajstić information content (AvgIpc) is 2.84. The topological polar surface area (TPSA) is 85.5 Å². The second kappa shape index (κ2) is 9.65. The molecule has 0 spiro atoms. The van der Waals surface area contributed by atoms with Gasteiger partial charge in [0, 0.05) is 35.8 Å². The van der Waals surface area contributed by atoms with Gasteiger partial charge < -0.3 is 14.1 Å². The predicted octanol–water partition coefficient (Wildman–Crippen LogP) is 4.94. The fourth-order valence-corrected chi connectivity index (χ4v) is 3.76. The molecule has 168 valence electrons. The quantitative estimate of drug-likeness (QED) is 0.295. The number of nitrogens with zero attached hydrogens (tertiary/aromatic N) is 3. The number of hydrogen-bond donors (Lipinski definition) is 0. The van der Waals surface area contributed by atoms with Gasteiger partial charge in [0.1, 0.15) is 17.0 Å². The molecule has 0 aliphatic rings. The maximum Gasteiger partial charge on any atom is 0.345 e. The molecule has 4 aromatic rings. The van der Waals surface area contributed by atoms with Gasteiger partial charge in [-0.1, -0.05) is 30.3 Å². The first-order valence-corrected chi connectivity index (χ1v) is 11.0. The summed E-state index contributed by atoms with van der Waals surface area (Å²) in [6.45, 7) is 7.81. The fraction of sp³-hybridized carbons (Fsp3) is 0.231. The number of anilines is 1. The minimum atomic E-state index is -0.546. The van der Waals surface area contributed by atoms with Crippen molar-refractivity contribution in [2.75, 3.05) is 24.6 Å². The third kappa shape index (κ3) is 4.48. The van der Waals surface area contributed by atoms with Crippen molar-refractivity contribution < 1.29 is 13.9 Å². The molecule has 2 aromatic heterocycles. The lowest BCUT2D eigenvalue weighted by Crippen LogP contribution is -2.21. The normalized spacial score (nSPS) is 10.9. The van der Waals surface area contributed by atoms with Crippen molar-refractivity contribution in [3.8, 4) is 22.5 Å². The van der Waals surface area contributed by atoms with Crippen LogP contribution in [0.4, 0.5) is 5.69 Å². The SMILES string of the molecule is CCOC(=O)c1cc(-c2cc3ccc(N(CC)CC)cc3oc2=O)nnc1-c1ccccc1. The van der Waals surface area contributed by atoms with Gasteiger partial charge >= 0.3 is 11.6 Å². The zero-order valence-electron chi connectivity index (χ0n) is 18.9. The molecule has 2 heterocycles. The van der Waals surface area contributed by atoms with Crippen LogP contribution < -0.4 is 10.5 Å². The number of hydrogen-bond acceptors (Lipinski definition) is 7. The first-order valence-electron chi connectivity index (χ1n) is 11.0. The van der Waals surface area contributed by atoms with Gasteiger partial charge in [-0.25, -0.2) is 9.59 Å². The Bertz CT molecular complexity index is 1350. The Hall–Kier alpha value is -4.00. The molecular weight excluding hydrogens is 418 g/mol. The van der Waals surface area contributed by atoms with E-state index < -0.39 is 11.6 Å². The highest BCUT2D eigenvalue weighted by molar-refractivity contribution is 5.97. The van der Waals surface area contributed by atoms with Crippen molar-refractivity contribution in [2.45, 2.75) is 20.8 Å². The highest BCUT2D eigenvalue weighted by atomic mass is 16.5. The molecule has 0 aliphatic carbocycles. The Labute approximate surface area is 191 Å². The van der Waals surface area contributed by atoms with Crippen molar-refractivity contribution in [3.05, 3.63) is 76.6 Å². The lowest BCUT2D eigenvalue weighted by molar-refractivity contribution is 0.0526. The van der Waals surface area contributed by atoms with Crippen LogP contribution in [0.15, 0.2) is 69.9 Å². The number of esters is 1. The molecule has 7 heteroatoms. The third-order valence-electron chi connectivity index (χ3n) is 5.46. The Kier molecular flexibility index (Phi) is 6.49. The molecule has 7 nitrogen and oxygen atoms in total. The molecule has 0 saturated heterocycles. The standard InChI is InChI=1S/C26H25N3O4/c1-4-29(5-2)19-13-12-18-14-20(26(31)33-23(18)15-19)22-16-21(25(30)32-6-3)24(28-27-22)17-10-8-7-9-11-17/h7-16H,4-6H2,1-3H3. The summed E-state index contributed by atoms with van der Waals surface area (Å²) in [5, 5.41) is 9.27. The number of benzene rings is 2. The van der Waals surface area contributed by atoms with E-state index in [4.69, 9.17) is 9.15 Å². The van der Waals surface area contributed by atoms with Crippen LogP contribution >= 0.6 is 0 Å². The number of carbonyl (C=O) groups is 1. The monoisotopic (exact) mass is 443 g/mol. The molecular formula is C26H25N3O4. The summed E-state index contributed by atoms with van der Waals surface area (Å²) in [6, 6.07) is 18.3. The first-order chi connectivity index (χ1) is 16.0. The number of fused-ring (bicyclic) bond motifs is 1. The molecule has 0 atom stereocenters. The number of aromatic nitrogens is 2. The van der Waals surface area contributed by atoms with Crippen molar-refractivity contribution >= 4 is 22.6 Å². The average molecular weight is 444 g/mol. The van der Waals surface area contributed by atoms with Crippen LogP contribution in [0.5, 0.6) is 0 Å². The molecule has 0 amide bonds. The van der Waals surface area contributed by atoms with Gasteiger partial charge in [0.05, 0.1) is 17.7 Å². The van der Waals surface area contributed by atoms with Crippen LogP contribution in [0.25, 0.3) is 33.5 Å². The van der Waals surface area contributed by atoms with Crippen LogP contribution in [0, 0.1) is 0 Å². The van der Waals surface area contributed by atoms with E-state index in [1.165, 1.54) is 6.07 Å². The molecule has 0 N–H and O–H groups in total. The summed E-state index contributed by atoms with van der Waals surface area (Å²) in [4.78, 5) is 27.7. The molecule has 4 rings (SSSR count). The van der Waals surface area contributed by atoms with Gasteiger partial charge in [-0.2, -0.15) is 0 Å². The molecule has 0 unspecified atom stereocenters. The summed E-state index contributed by atoms with van der Waals surface area (Å²) in [5.74, 6) is -0.526. The van der Waals surface area contributed by atoms with Crippen LogP contribution in [-0.2, 0) is 4.74 Å². The molecule has 33 heavy (non-hydrogen) atoms. The summed E-state index contributed by atoms with van der Waals surface area (Å²) in [6.07, 6.45) is 0. The van der Waals surface area contributed by atoms with E-state index in [1.54, 1.807) is 13.0 Å². The molecule has 0 bridgehead atoms. The lowest BCUT2D eigenvalue weighted by Gasteiger charge is -2.21.